The Morgan fingerprint density at radius 2 is 2.21 bits per heavy atom. The Bertz CT molecular complexity index is 516. The first-order chi connectivity index (χ1) is 6.61. The summed E-state index contributed by atoms with van der Waals surface area (Å²) in [7, 11) is 0. The summed E-state index contributed by atoms with van der Waals surface area (Å²) in [6.07, 6.45) is 0. The summed E-state index contributed by atoms with van der Waals surface area (Å²) in [6, 6.07) is 4.68. The van der Waals surface area contributed by atoms with E-state index in [1.54, 1.807) is 19.1 Å². The normalized spacial score (nSPS) is 10.7. The minimum absolute atomic E-state index is 0.269. The van der Waals surface area contributed by atoms with Crippen LogP contribution >= 0.6 is 0 Å². The number of carbonyl (C=O) groups excluding carboxylic acids is 1. The summed E-state index contributed by atoms with van der Waals surface area (Å²) in [6.45, 7) is 1.73. The van der Waals surface area contributed by atoms with E-state index in [0.717, 1.165) is 0 Å². The van der Waals surface area contributed by atoms with Crippen LogP contribution in [-0.4, -0.2) is 10.9 Å². The first kappa shape index (κ1) is 8.74. The fraction of sp³-hybridized carbons (Fsp3) is 0.100. The van der Waals surface area contributed by atoms with Crippen molar-refractivity contribution in [2.45, 2.75) is 6.92 Å². The van der Waals surface area contributed by atoms with Gasteiger partial charge in [0.15, 0.2) is 0 Å². The zero-order valence-electron chi connectivity index (χ0n) is 7.60. The summed E-state index contributed by atoms with van der Waals surface area (Å²) < 4.78 is 13.3. The molecule has 4 heteroatoms. The van der Waals surface area contributed by atoms with Crippen LogP contribution in [0.3, 0.4) is 0 Å². The van der Waals surface area contributed by atoms with E-state index in [2.05, 4.69) is 4.98 Å². The first-order valence-electron chi connectivity index (χ1n) is 4.18. The summed E-state index contributed by atoms with van der Waals surface area (Å²) >= 11 is 0. The molecule has 2 rings (SSSR count). The van der Waals surface area contributed by atoms with Crippen LogP contribution < -0.4 is 5.73 Å². The molecule has 0 atom stereocenters. The van der Waals surface area contributed by atoms with E-state index in [9.17, 15) is 9.18 Å². The lowest BCUT2D eigenvalue weighted by atomic mass is 10.1. The molecule has 0 aliphatic rings. The monoisotopic (exact) mass is 192 g/mol. The van der Waals surface area contributed by atoms with E-state index in [0.29, 0.717) is 16.5 Å². The minimum Gasteiger partial charge on any atom is -0.364 e. The number of fused-ring (bicyclic) bond motifs is 1. The SMILES string of the molecule is Cc1c(C(N)=O)[nH]c2c(F)cccc12. The number of amides is 1. The number of carbonyl (C=O) groups is 1. The molecular formula is C10H9FN2O. The number of aromatic amines is 1. The maximum atomic E-state index is 13.3. The lowest BCUT2D eigenvalue weighted by Gasteiger charge is -1.91. The number of halogens is 1. The first-order valence-corrected chi connectivity index (χ1v) is 4.18. The molecule has 1 heterocycles. The number of hydrogen-bond donors (Lipinski definition) is 2. The Kier molecular flexibility index (Phi) is 1.77. The number of nitrogens with one attached hydrogen (secondary N) is 1. The second-order valence-electron chi connectivity index (χ2n) is 3.15. The fourth-order valence-electron chi connectivity index (χ4n) is 1.56. The smallest absolute Gasteiger partial charge is 0.265 e. The topological polar surface area (TPSA) is 58.9 Å². The van der Waals surface area contributed by atoms with E-state index in [1.165, 1.54) is 6.07 Å². The molecule has 14 heavy (non-hydrogen) atoms. The van der Waals surface area contributed by atoms with Gasteiger partial charge in [-0.1, -0.05) is 12.1 Å². The molecule has 0 aliphatic heterocycles. The number of aryl methyl sites for hydroxylation is 1. The van der Waals surface area contributed by atoms with Gasteiger partial charge in [-0.2, -0.15) is 0 Å². The Hall–Kier alpha value is -1.84. The summed E-state index contributed by atoms with van der Waals surface area (Å²) in [5.41, 5.74) is 6.42. The van der Waals surface area contributed by atoms with Gasteiger partial charge in [-0.3, -0.25) is 4.79 Å². The Balaban J connectivity index is 2.86. The van der Waals surface area contributed by atoms with Crippen LogP contribution in [-0.2, 0) is 0 Å². The number of benzene rings is 1. The standard InChI is InChI=1S/C10H9FN2O/c1-5-6-3-2-4-7(11)9(6)13-8(5)10(12)14/h2-4,13H,1H3,(H2,12,14). The van der Waals surface area contributed by atoms with Crippen LogP contribution in [0.15, 0.2) is 18.2 Å². The maximum absolute atomic E-state index is 13.3. The largest absolute Gasteiger partial charge is 0.364 e. The molecule has 0 bridgehead atoms. The van der Waals surface area contributed by atoms with Gasteiger partial charge < -0.3 is 10.7 Å². The number of nitrogens with two attached hydrogens (primary N) is 1. The minimum atomic E-state index is -0.571. The summed E-state index contributed by atoms with van der Waals surface area (Å²) in [5, 5.41) is 0.693. The molecule has 0 saturated carbocycles. The fourth-order valence-corrected chi connectivity index (χ4v) is 1.56. The highest BCUT2D eigenvalue weighted by atomic mass is 19.1. The number of hydrogen-bond acceptors (Lipinski definition) is 1. The van der Waals surface area contributed by atoms with Gasteiger partial charge in [0.25, 0.3) is 5.91 Å². The Morgan fingerprint density at radius 3 is 2.79 bits per heavy atom. The zero-order valence-corrected chi connectivity index (χ0v) is 7.60. The van der Waals surface area contributed by atoms with E-state index in [-0.39, 0.29) is 11.5 Å². The van der Waals surface area contributed by atoms with Gasteiger partial charge in [0.05, 0.1) is 5.52 Å². The van der Waals surface area contributed by atoms with Gasteiger partial charge in [-0.15, -0.1) is 0 Å². The van der Waals surface area contributed by atoms with Gasteiger partial charge in [0.2, 0.25) is 0 Å². The van der Waals surface area contributed by atoms with Crippen LogP contribution in [0.5, 0.6) is 0 Å². The Morgan fingerprint density at radius 1 is 1.50 bits per heavy atom. The highest BCUT2D eigenvalue weighted by Crippen LogP contribution is 2.23. The molecule has 1 aromatic heterocycles. The van der Waals surface area contributed by atoms with Crippen molar-refractivity contribution in [3.05, 3.63) is 35.3 Å². The van der Waals surface area contributed by atoms with Crippen molar-refractivity contribution in [2.75, 3.05) is 0 Å². The van der Waals surface area contributed by atoms with E-state index in [4.69, 9.17) is 5.73 Å². The van der Waals surface area contributed by atoms with E-state index in [1.807, 2.05) is 0 Å². The quantitative estimate of drug-likeness (QED) is 0.710. The second-order valence-corrected chi connectivity index (χ2v) is 3.15. The third kappa shape index (κ3) is 1.08. The molecule has 72 valence electrons. The molecule has 3 nitrogen and oxygen atoms in total. The van der Waals surface area contributed by atoms with Crippen molar-refractivity contribution in [1.29, 1.82) is 0 Å². The van der Waals surface area contributed by atoms with Crippen LogP contribution in [0, 0.1) is 12.7 Å². The molecule has 3 N–H and O–H groups in total. The Labute approximate surface area is 79.7 Å². The maximum Gasteiger partial charge on any atom is 0.265 e. The number of aromatic nitrogens is 1. The number of H-pyrrole nitrogens is 1. The van der Waals surface area contributed by atoms with Crippen molar-refractivity contribution >= 4 is 16.8 Å². The number of rotatable bonds is 1. The predicted molar refractivity (Wildman–Crippen MR) is 51.5 cm³/mol. The third-order valence-corrected chi connectivity index (χ3v) is 2.29. The zero-order chi connectivity index (χ0) is 10.3. The third-order valence-electron chi connectivity index (χ3n) is 2.29. The molecule has 2 aromatic rings. The predicted octanol–water partition coefficient (Wildman–Crippen LogP) is 1.71. The van der Waals surface area contributed by atoms with Gasteiger partial charge >= 0.3 is 0 Å². The molecule has 0 fully saturated rings. The van der Waals surface area contributed by atoms with Gasteiger partial charge in [0.1, 0.15) is 11.5 Å². The molecule has 1 amide bonds. The van der Waals surface area contributed by atoms with Crippen molar-refractivity contribution in [2.24, 2.45) is 5.73 Å². The molecular weight excluding hydrogens is 183 g/mol. The van der Waals surface area contributed by atoms with Crippen LogP contribution in [0.1, 0.15) is 16.1 Å². The van der Waals surface area contributed by atoms with Gasteiger partial charge in [-0.25, -0.2) is 4.39 Å². The average molecular weight is 192 g/mol. The molecule has 1 aromatic carbocycles. The summed E-state index contributed by atoms with van der Waals surface area (Å²) in [4.78, 5) is 13.7. The number of primary amides is 1. The van der Waals surface area contributed by atoms with Crippen LogP contribution in [0.4, 0.5) is 4.39 Å². The number of para-hydroxylation sites is 1. The molecule has 0 unspecified atom stereocenters. The summed E-state index contributed by atoms with van der Waals surface area (Å²) in [5.74, 6) is -0.948. The van der Waals surface area contributed by atoms with Crippen molar-refractivity contribution in [3.63, 3.8) is 0 Å². The van der Waals surface area contributed by atoms with Crippen LogP contribution in [0.25, 0.3) is 10.9 Å². The lowest BCUT2D eigenvalue weighted by Crippen LogP contribution is -2.12. The highest BCUT2D eigenvalue weighted by Gasteiger charge is 2.13. The van der Waals surface area contributed by atoms with Crippen molar-refractivity contribution < 1.29 is 9.18 Å². The van der Waals surface area contributed by atoms with Gasteiger partial charge in [0, 0.05) is 5.39 Å². The lowest BCUT2D eigenvalue weighted by molar-refractivity contribution is 0.0996. The van der Waals surface area contributed by atoms with E-state index < -0.39 is 5.91 Å². The molecule has 0 saturated heterocycles. The highest BCUT2D eigenvalue weighted by molar-refractivity contribution is 6.00. The van der Waals surface area contributed by atoms with E-state index >= 15 is 0 Å². The van der Waals surface area contributed by atoms with Crippen molar-refractivity contribution in [3.8, 4) is 0 Å². The molecule has 0 aliphatic carbocycles. The van der Waals surface area contributed by atoms with Gasteiger partial charge in [-0.05, 0) is 18.6 Å². The van der Waals surface area contributed by atoms with Crippen molar-refractivity contribution in [1.82, 2.24) is 4.98 Å². The molecule has 0 spiro atoms. The average Bonchev–Trinajstić information content (AvgIpc) is 2.46. The second kappa shape index (κ2) is 2.83. The van der Waals surface area contributed by atoms with Crippen LogP contribution in [0.2, 0.25) is 0 Å². The molecule has 0 radical (unpaired) electrons.